The number of likely N-dealkylation sites (tertiary alicyclic amines) is 1. The number of benzene rings is 1. The van der Waals surface area contributed by atoms with Gasteiger partial charge in [-0.1, -0.05) is 11.6 Å². The third-order valence-corrected chi connectivity index (χ3v) is 6.72. The number of β-amino-alcohol motifs (C(OH)–C–C–N with tert-alkyl or cyclic N) is 1. The number of amides is 1. The Morgan fingerprint density at radius 3 is 2.83 bits per heavy atom. The van der Waals surface area contributed by atoms with Crippen molar-refractivity contribution in [2.75, 3.05) is 30.5 Å². The number of piperidine rings is 1. The molecule has 2 fully saturated rings. The summed E-state index contributed by atoms with van der Waals surface area (Å²) in [6.45, 7) is 6.97. The number of nitrogens with zero attached hydrogens (tertiary/aromatic N) is 3. The van der Waals surface area contributed by atoms with Gasteiger partial charge in [0.1, 0.15) is 22.0 Å². The quantitative estimate of drug-likeness (QED) is 0.519. The Bertz CT molecular complexity index is 1120. The SMILES string of the molecule is CC(C)(C)OC(=O)N1CCCC(O)(c2cccnc2Oc2ccc3c(c2Cl)NN(CC2CC2)N3)C1. The maximum atomic E-state index is 12.7. The highest BCUT2D eigenvalue weighted by Gasteiger charge is 2.41. The van der Waals surface area contributed by atoms with Gasteiger partial charge in [0.05, 0.1) is 17.9 Å². The van der Waals surface area contributed by atoms with Crippen LogP contribution in [0.15, 0.2) is 30.5 Å². The minimum Gasteiger partial charge on any atom is -0.444 e. The molecule has 1 aromatic heterocycles. The molecule has 10 heteroatoms. The van der Waals surface area contributed by atoms with Crippen LogP contribution in [0.25, 0.3) is 0 Å². The maximum absolute atomic E-state index is 12.7. The number of halogens is 1. The predicted octanol–water partition coefficient (Wildman–Crippen LogP) is 5.13. The van der Waals surface area contributed by atoms with Gasteiger partial charge in [-0.05, 0) is 76.6 Å². The van der Waals surface area contributed by atoms with Crippen molar-refractivity contribution in [2.24, 2.45) is 5.92 Å². The van der Waals surface area contributed by atoms with Gasteiger partial charge in [0, 0.05) is 24.8 Å². The van der Waals surface area contributed by atoms with E-state index in [1.54, 1.807) is 24.4 Å². The summed E-state index contributed by atoms with van der Waals surface area (Å²) in [5.41, 5.74) is 6.80. The molecular weight excluding hydrogens is 470 g/mol. The summed E-state index contributed by atoms with van der Waals surface area (Å²) in [5, 5.41) is 14.0. The van der Waals surface area contributed by atoms with Crippen LogP contribution in [0.2, 0.25) is 5.02 Å². The molecule has 1 atom stereocenters. The van der Waals surface area contributed by atoms with Gasteiger partial charge >= 0.3 is 6.09 Å². The molecule has 1 saturated heterocycles. The number of ether oxygens (including phenoxy) is 2. The first kappa shape index (κ1) is 24.0. The number of pyridine rings is 1. The number of anilines is 2. The fraction of sp³-hybridized carbons (Fsp3) is 0.520. The Kier molecular flexibility index (Phi) is 6.19. The van der Waals surface area contributed by atoms with Crippen LogP contribution < -0.4 is 15.6 Å². The van der Waals surface area contributed by atoms with Crippen molar-refractivity contribution in [1.82, 2.24) is 15.0 Å². The van der Waals surface area contributed by atoms with Crippen LogP contribution in [0.1, 0.15) is 52.0 Å². The molecular formula is C25H32ClN5O4. The van der Waals surface area contributed by atoms with Crippen molar-refractivity contribution in [1.29, 1.82) is 0 Å². The molecule has 5 rings (SSSR count). The van der Waals surface area contributed by atoms with Crippen molar-refractivity contribution in [3.05, 3.63) is 41.0 Å². The highest BCUT2D eigenvalue weighted by Crippen LogP contribution is 2.45. The summed E-state index contributed by atoms with van der Waals surface area (Å²) in [7, 11) is 0. The molecule has 3 heterocycles. The van der Waals surface area contributed by atoms with Crippen molar-refractivity contribution >= 4 is 29.1 Å². The van der Waals surface area contributed by atoms with E-state index in [1.165, 1.54) is 17.7 Å². The molecule has 3 N–H and O–H groups in total. The third-order valence-electron chi connectivity index (χ3n) is 6.35. The summed E-state index contributed by atoms with van der Waals surface area (Å²) >= 11 is 6.71. The molecule has 1 aromatic carbocycles. The molecule has 9 nitrogen and oxygen atoms in total. The first-order valence-electron chi connectivity index (χ1n) is 12.1. The van der Waals surface area contributed by atoms with E-state index in [9.17, 15) is 9.90 Å². The maximum Gasteiger partial charge on any atom is 0.410 e. The number of hydrazine groups is 2. The zero-order valence-electron chi connectivity index (χ0n) is 20.3. The zero-order chi connectivity index (χ0) is 24.8. The van der Waals surface area contributed by atoms with Crippen molar-refractivity contribution in [2.45, 2.75) is 57.7 Å². The molecule has 1 aliphatic carbocycles. The van der Waals surface area contributed by atoms with Gasteiger partial charge in [0.25, 0.3) is 0 Å². The van der Waals surface area contributed by atoms with Gasteiger partial charge in [-0.15, -0.1) is 5.12 Å². The Balaban J connectivity index is 1.36. The first-order chi connectivity index (χ1) is 16.6. The van der Waals surface area contributed by atoms with Crippen LogP contribution in [0.4, 0.5) is 16.2 Å². The van der Waals surface area contributed by atoms with E-state index in [-0.39, 0.29) is 12.4 Å². The summed E-state index contributed by atoms with van der Waals surface area (Å²) in [6.07, 6.45) is 4.74. The van der Waals surface area contributed by atoms with E-state index in [0.29, 0.717) is 41.6 Å². The first-order valence-corrected chi connectivity index (χ1v) is 12.5. The molecule has 3 aliphatic rings. The van der Waals surface area contributed by atoms with Crippen LogP contribution in [-0.2, 0) is 10.3 Å². The van der Waals surface area contributed by atoms with Crippen LogP contribution in [0.5, 0.6) is 11.6 Å². The molecule has 1 unspecified atom stereocenters. The molecule has 2 aromatic rings. The van der Waals surface area contributed by atoms with Crippen molar-refractivity contribution in [3.63, 3.8) is 0 Å². The number of fused-ring (bicyclic) bond motifs is 1. The third kappa shape index (κ3) is 5.27. The number of carbonyl (C=O) groups is 1. The van der Waals surface area contributed by atoms with Gasteiger partial charge in [-0.3, -0.25) is 10.9 Å². The summed E-state index contributed by atoms with van der Waals surface area (Å²) in [4.78, 5) is 18.6. The summed E-state index contributed by atoms with van der Waals surface area (Å²) in [6, 6.07) is 7.21. The number of carbonyl (C=O) groups excluding carboxylic acids is 1. The molecule has 0 bridgehead atoms. The second-order valence-electron chi connectivity index (χ2n) is 10.6. The Hall–Kier alpha value is -2.75. The Morgan fingerprint density at radius 1 is 1.29 bits per heavy atom. The highest BCUT2D eigenvalue weighted by atomic mass is 35.5. The Morgan fingerprint density at radius 2 is 2.09 bits per heavy atom. The lowest BCUT2D eigenvalue weighted by Gasteiger charge is -2.40. The number of aliphatic hydroxyl groups is 1. The van der Waals surface area contributed by atoms with Crippen LogP contribution in [0, 0.1) is 5.92 Å². The Labute approximate surface area is 210 Å². The van der Waals surface area contributed by atoms with Gasteiger partial charge in [0.2, 0.25) is 5.88 Å². The van der Waals surface area contributed by atoms with Gasteiger partial charge < -0.3 is 19.5 Å². The number of hydrogen-bond acceptors (Lipinski definition) is 8. The van der Waals surface area contributed by atoms with E-state index in [4.69, 9.17) is 21.1 Å². The summed E-state index contributed by atoms with van der Waals surface area (Å²) < 4.78 is 11.7. The smallest absolute Gasteiger partial charge is 0.410 e. The van der Waals surface area contributed by atoms with Gasteiger partial charge in [-0.25, -0.2) is 9.78 Å². The normalized spacial score (nSPS) is 22.3. The lowest BCUT2D eigenvalue weighted by Crippen LogP contribution is -2.50. The minimum absolute atomic E-state index is 0.0868. The molecule has 188 valence electrons. The lowest BCUT2D eigenvalue weighted by atomic mass is 9.86. The fourth-order valence-corrected chi connectivity index (χ4v) is 4.71. The minimum atomic E-state index is -1.33. The average molecular weight is 502 g/mol. The lowest BCUT2D eigenvalue weighted by molar-refractivity contribution is -0.0476. The van der Waals surface area contributed by atoms with E-state index in [0.717, 1.165) is 17.9 Å². The van der Waals surface area contributed by atoms with E-state index < -0.39 is 17.3 Å². The van der Waals surface area contributed by atoms with Crippen LogP contribution >= 0.6 is 11.6 Å². The number of hydrogen-bond donors (Lipinski definition) is 3. The fourth-order valence-electron chi connectivity index (χ4n) is 4.47. The van der Waals surface area contributed by atoms with Gasteiger partial charge in [-0.2, -0.15) is 0 Å². The molecule has 2 aliphatic heterocycles. The molecule has 1 saturated carbocycles. The monoisotopic (exact) mass is 501 g/mol. The van der Waals surface area contributed by atoms with E-state index >= 15 is 0 Å². The predicted molar refractivity (Wildman–Crippen MR) is 133 cm³/mol. The largest absolute Gasteiger partial charge is 0.444 e. The van der Waals surface area contributed by atoms with Crippen molar-refractivity contribution < 1.29 is 19.4 Å². The molecule has 0 spiro atoms. The molecule has 0 radical (unpaired) electrons. The highest BCUT2D eigenvalue weighted by molar-refractivity contribution is 6.35. The standard InChI is InChI=1S/C25H32ClN5O4/c1-24(2,3)35-23(32)30-13-5-11-25(33,15-30)17-6-4-12-27-22(17)34-19-10-9-18-21(20(19)26)29-31(28-18)14-16-7-8-16/h4,6,9-10,12,16,28-29,33H,5,7-8,11,13-15H2,1-3H3. The second-order valence-corrected chi connectivity index (χ2v) is 11.0. The molecule has 35 heavy (non-hydrogen) atoms. The van der Waals surface area contributed by atoms with Crippen molar-refractivity contribution in [3.8, 4) is 11.6 Å². The zero-order valence-corrected chi connectivity index (χ0v) is 21.1. The number of aromatic nitrogens is 1. The average Bonchev–Trinajstić information content (AvgIpc) is 3.51. The van der Waals surface area contributed by atoms with Gasteiger partial charge in [0.15, 0.2) is 0 Å². The number of rotatable bonds is 5. The number of nitrogens with one attached hydrogen (secondary N) is 2. The van der Waals surface area contributed by atoms with Crippen LogP contribution in [0.3, 0.4) is 0 Å². The topological polar surface area (TPSA) is 99.2 Å². The van der Waals surface area contributed by atoms with Crippen LogP contribution in [-0.4, -0.2) is 51.4 Å². The second kappa shape index (κ2) is 9.04. The molecule has 1 amide bonds. The van der Waals surface area contributed by atoms with E-state index in [1.807, 2.05) is 32.0 Å². The summed E-state index contributed by atoms with van der Waals surface area (Å²) in [5.74, 6) is 1.38. The van der Waals surface area contributed by atoms with E-state index in [2.05, 4.69) is 15.8 Å².